The highest BCUT2D eigenvalue weighted by atomic mass is 16.5. The minimum absolute atomic E-state index is 0.110. The van der Waals surface area contributed by atoms with Crippen LogP contribution in [0, 0.1) is 0 Å². The lowest BCUT2D eigenvalue weighted by atomic mass is 10.1. The first-order valence-corrected chi connectivity index (χ1v) is 7.07. The number of carbonyl (C=O) groups is 1. The molecule has 1 aliphatic rings. The van der Waals surface area contributed by atoms with Gasteiger partial charge in [-0.3, -0.25) is 4.79 Å². The van der Waals surface area contributed by atoms with Crippen LogP contribution < -0.4 is 15.0 Å². The second-order valence-electron chi connectivity index (χ2n) is 5.09. The number of rotatable bonds is 2. The zero-order valence-electron chi connectivity index (χ0n) is 12.4. The van der Waals surface area contributed by atoms with Crippen molar-refractivity contribution in [2.75, 3.05) is 23.9 Å². The quantitative estimate of drug-likeness (QED) is 0.781. The minimum Gasteiger partial charge on any atom is -0.497 e. The minimum atomic E-state index is -0.110. The number of fused-ring (bicyclic) bond motifs is 2. The highest BCUT2D eigenvalue weighted by Crippen LogP contribution is 2.38. The number of anilines is 3. The van der Waals surface area contributed by atoms with Crippen LogP contribution in [0.2, 0.25) is 0 Å². The molecule has 114 valence electrons. The van der Waals surface area contributed by atoms with E-state index >= 15 is 0 Å². The highest BCUT2D eigenvalue weighted by molar-refractivity contribution is 6.05. The summed E-state index contributed by atoms with van der Waals surface area (Å²) in [6, 6.07) is 9.27. The topological polar surface area (TPSA) is 80.2 Å². The van der Waals surface area contributed by atoms with Crippen LogP contribution in [0.4, 0.5) is 17.2 Å². The fourth-order valence-corrected chi connectivity index (χ4v) is 2.68. The standard InChI is InChI=1S/C16H13N5O2/c1-23-10-4-5-13-12(7-10)20-14(22)8-21(13)16-11-3-2-6-17-15(11)18-9-19-16/h2-7,9H,8H2,1H3,(H,20,22). The highest BCUT2D eigenvalue weighted by Gasteiger charge is 2.26. The Morgan fingerprint density at radius 1 is 1.22 bits per heavy atom. The van der Waals surface area contributed by atoms with E-state index in [1.165, 1.54) is 6.33 Å². The summed E-state index contributed by atoms with van der Waals surface area (Å²) >= 11 is 0. The summed E-state index contributed by atoms with van der Waals surface area (Å²) < 4.78 is 5.22. The number of ether oxygens (including phenoxy) is 1. The lowest BCUT2D eigenvalue weighted by Crippen LogP contribution is -2.35. The van der Waals surface area contributed by atoms with Gasteiger partial charge in [0.2, 0.25) is 5.91 Å². The van der Waals surface area contributed by atoms with Crippen LogP contribution in [-0.4, -0.2) is 34.5 Å². The molecule has 3 aromatic rings. The van der Waals surface area contributed by atoms with Gasteiger partial charge in [-0.15, -0.1) is 0 Å². The van der Waals surface area contributed by atoms with Crippen LogP contribution in [0.3, 0.4) is 0 Å². The van der Waals surface area contributed by atoms with Crippen molar-refractivity contribution in [3.05, 3.63) is 42.9 Å². The van der Waals surface area contributed by atoms with Gasteiger partial charge in [-0.2, -0.15) is 0 Å². The Labute approximate surface area is 132 Å². The van der Waals surface area contributed by atoms with Crippen molar-refractivity contribution < 1.29 is 9.53 Å². The van der Waals surface area contributed by atoms with Gasteiger partial charge < -0.3 is 15.0 Å². The average molecular weight is 307 g/mol. The molecule has 0 saturated carbocycles. The fourth-order valence-electron chi connectivity index (χ4n) is 2.68. The SMILES string of the molecule is COc1ccc2c(c1)NC(=O)CN2c1ncnc2ncccc12. The second-order valence-corrected chi connectivity index (χ2v) is 5.09. The third-order valence-electron chi connectivity index (χ3n) is 3.71. The average Bonchev–Trinajstić information content (AvgIpc) is 2.60. The van der Waals surface area contributed by atoms with Crippen LogP contribution in [-0.2, 0) is 4.79 Å². The molecule has 0 saturated heterocycles. The fraction of sp³-hybridized carbons (Fsp3) is 0.125. The first-order valence-electron chi connectivity index (χ1n) is 7.07. The molecular formula is C16H13N5O2. The predicted molar refractivity (Wildman–Crippen MR) is 86.0 cm³/mol. The zero-order chi connectivity index (χ0) is 15.8. The van der Waals surface area contributed by atoms with E-state index in [1.807, 2.05) is 29.2 Å². The maximum Gasteiger partial charge on any atom is 0.244 e. The summed E-state index contributed by atoms with van der Waals surface area (Å²) in [7, 11) is 1.59. The van der Waals surface area contributed by atoms with Crippen molar-refractivity contribution in [2.45, 2.75) is 0 Å². The molecule has 23 heavy (non-hydrogen) atoms. The molecule has 0 bridgehead atoms. The Morgan fingerprint density at radius 3 is 3.00 bits per heavy atom. The number of amides is 1. The van der Waals surface area contributed by atoms with E-state index in [4.69, 9.17) is 4.74 Å². The van der Waals surface area contributed by atoms with Gasteiger partial charge in [0.25, 0.3) is 0 Å². The van der Waals surface area contributed by atoms with Gasteiger partial charge in [-0.25, -0.2) is 15.0 Å². The number of aromatic nitrogens is 3. The predicted octanol–water partition coefficient (Wildman–Crippen LogP) is 2.12. The summed E-state index contributed by atoms with van der Waals surface area (Å²) in [4.78, 5) is 26.7. The van der Waals surface area contributed by atoms with Crippen LogP contribution in [0.25, 0.3) is 11.0 Å². The molecule has 0 aliphatic carbocycles. The second kappa shape index (κ2) is 5.20. The largest absolute Gasteiger partial charge is 0.497 e. The third kappa shape index (κ3) is 2.22. The Kier molecular flexibility index (Phi) is 3.04. The van der Waals surface area contributed by atoms with Crippen LogP contribution in [0.5, 0.6) is 5.75 Å². The molecular weight excluding hydrogens is 294 g/mol. The first kappa shape index (κ1) is 13.4. The zero-order valence-corrected chi connectivity index (χ0v) is 12.4. The molecule has 0 unspecified atom stereocenters. The van der Waals surface area contributed by atoms with E-state index in [9.17, 15) is 4.79 Å². The van der Waals surface area contributed by atoms with Gasteiger partial charge in [-0.05, 0) is 24.3 Å². The van der Waals surface area contributed by atoms with E-state index in [2.05, 4.69) is 20.3 Å². The maximum absolute atomic E-state index is 12.1. The molecule has 7 heteroatoms. The summed E-state index contributed by atoms with van der Waals surface area (Å²) in [5.41, 5.74) is 2.14. The molecule has 2 aromatic heterocycles. The van der Waals surface area contributed by atoms with Crippen LogP contribution in [0.15, 0.2) is 42.9 Å². The Hall–Kier alpha value is -3.22. The number of methoxy groups -OCH3 is 1. The van der Waals surface area contributed by atoms with Gasteiger partial charge in [0, 0.05) is 12.3 Å². The molecule has 4 rings (SSSR count). The lowest BCUT2D eigenvalue weighted by Gasteiger charge is -2.30. The molecule has 3 heterocycles. The summed E-state index contributed by atoms with van der Waals surface area (Å²) in [5, 5.41) is 3.66. The van der Waals surface area contributed by atoms with E-state index < -0.39 is 0 Å². The van der Waals surface area contributed by atoms with Gasteiger partial charge in [0.1, 0.15) is 24.4 Å². The van der Waals surface area contributed by atoms with Crippen molar-refractivity contribution in [1.29, 1.82) is 0 Å². The number of hydrogen-bond donors (Lipinski definition) is 1. The van der Waals surface area contributed by atoms with Gasteiger partial charge in [-0.1, -0.05) is 0 Å². The monoisotopic (exact) mass is 307 g/mol. The number of benzene rings is 1. The normalized spacial score (nSPS) is 13.6. The lowest BCUT2D eigenvalue weighted by molar-refractivity contribution is -0.115. The molecule has 0 atom stereocenters. The molecule has 0 spiro atoms. The van der Waals surface area contributed by atoms with Gasteiger partial charge in [0.15, 0.2) is 5.65 Å². The molecule has 0 radical (unpaired) electrons. The van der Waals surface area contributed by atoms with Crippen molar-refractivity contribution in [3.8, 4) is 5.75 Å². The number of carbonyl (C=O) groups excluding carboxylic acids is 1. The van der Waals surface area contributed by atoms with Crippen molar-refractivity contribution in [1.82, 2.24) is 15.0 Å². The third-order valence-corrected chi connectivity index (χ3v) is 3.71. The number of pyridine rings is 1. The Bertz CT molecular complexity index is 907. The van der Waals surface area contributed by atoms with E-state index in [0.717, 1.165) is 11.1 Å². The van der Waals surface area contributed by atoms with Gasteiger partial charge >= 0.3 is 0 Å². The molecule has 1 amide bonds. The molecule has 1 N–H and O–H groups in total. The molecule has 1 aliphatic heterocycles. The van der Waals surface area contributed by atoms with E-state index in [1.54, 1.807) is 19.4 Å². The molecule has 7 nitrogen and oxygen atoms in total. The molecule has 1 aromatic carbocycles. The molecule has 0 fully saturated rings. The first-order chi connectivity index (χ1) is 11.3. The Morgan fingerprint density at radius 2 is 2.13 bits per heavy atom. The van der Waals surface area contributed by atoms with E-state index in [-0.39, 0.29) is 12.5 Å². The van der Waals surface area contributed by atoms with Gasteiger partial charge in [0.05, 0.1) is 23.9 Å². The van der Waals surface area contributed by atoms with Crippen LogP contribution in [0.1, 0.15) is 0 Å². The Balaban J connectivity index is 1.91. The summed E-state index contributed by atoms with van der Waals surface area (Å²) in [6.07, 6.45) is 3.14. The summed E-state index contributed by atoms with van der Waals surface area (Å²) in [5.74, 6) is 1.23. The van der Waals surface area contributed by atoms with Crippen LogP contribution >= 0.6 is 0 Å². The number of nitrogens with zero attached hydrogens (tertiary/aromatic N) is 4. The van der Waals surface area contributed by atoms with Crippen molar-refractivity contribution in [3.63, 3.8) is 0 Å². The van der Waals surface area contributed by atoms with Crippen molar-refractivity contribution >= 4 is 34.1 Å². The van der Waals surface area contributed by atoms with E-state index in [0.29, 0.717) is 22.9 Å². The smallest absolute Gasteiger partial charge is 0.244 e. The maximum atomic E-state index is 12.1. The van der Waals surface area contributed by atoms with Crippen molar-refractivity contribution in [2.24, 2.45) is 0 Å². The summed E-state index contributed by atoms with van der Waals surface area (Å²) in [6.45, 7) is 0.181. The number of nitrogens with one attached hydrogen (secondary N) is 1. The number of hydrogen-bond acceptors (Lipinski definition) is 6.